The zero-order valence-electron chi connectivity index (χ0n) is 17.6. The molecule has 3 N–H and O–H groups in total. The van der Waals surface area contributed by atoms with Gasteiger partial charge in [0, 0.05) is 22.8 Å². The Morgan fingerprint density at radius 3 is 2.45 bits per heavy atom. The SMILES string of the molecule is CCCn1nc(C(=O)NNC(=O)c2cc3c(C)cc(C)cc3[nH]2)c2ccccc2c1=O. The number of aryl methyl sites for hydroxylation is 3. The molecule has 0 aliphatic rings. The second-order valence-electron chi connectivity index (χ2n) is 7.56. The number of H-pyrrole nitrogens is 1. The Balaban J connectivity index is 1.60. The van der Waals surface area contributed by atoms with Gasteiger partial charge < -0.3 is 4.98 Å². The van der Waals surface area contributed by atoms with E-state index in [0.717, 1.165) is 22.0 Å². The molecule has 8 nitrogen and oxygen atoms in total. The maximum Gasteiger partial charge on any atom is 0.290 e. The summed E-state index contributed by atoms with van der Waals surface area (Å²) in [6.45, 7) is 6.29. The number of aromatic nitrogens is 3. The molecule has 0 atom stereocenters. The molecule has 2 aromatic heterocycles. The van der Waals surface area contributed by atoms with Gasteiger partial charge >= 0.3 is 0 Å². The highest BCUT2D eigenvalue weighted by Gasteiger charge is 2.18. The van der Waals surface area contributed by atoms with Crippen molar-refractivity contribution in [2.24, 2.45) is 0 Å². The van der Waals surface area contributed by atoms with E-state index >= 15 is 0 Å². The third-order valence-electron chi connectivity index (χ3n) is 5.14. The highest BCUT2D eigenvalue weighted by atomic mass is 16.2. The maximum atomic E-state index is 12.8. The minimum atomic E-state index is -0.600. The van der Waals surface area contributed by atoms with E-state index in [-0.39, 0.29) is 11.3 Å². The largest absolute Gasteiger partial charge is 0.350 e. The van der Waals surface area contributed by atoms with Crippen LogP contribution in [0.15, 0.2) is 47.3 Å². The van der Waals surface area contributed by atoms with Crippen LogP contribution in [0.4, 0.5) is 0 Å². The van der Waals surface area contributed by atoms with Crippen molar-refractivity contribution in [2.45, 2.75) is 33.7 Å². The van der Waals surface area contributed by atoms with Crippen molar-refractivity contribution in [3.63, 3.8) is 0 Å². The molecule has 158 valence electrons. The van der Waals surface area contributed by atoms with Crippen LogP contribution in [0.5, 0.6) is 0 Å². The Labute approximate surface area is 178 Å². The van der Waals surface area contributed by atoms with Gasteiger partial charge in [-0.2, -0.15) is 5.10 Å². The Morgan fingerprint density at radius 2 is 1.71 bits per heavy atom. The molecule has 0 bridgehead atoms. The van der Waals surface area contributed by atoms with E-state index in [0.29, 0.717) is 29.4 Å². The summed E-state index contributed by atoms with van der Waals surface area (Å²) in [4.78, 5) is 41.1. The van der Waals surface area contributed by atoms with Gasteiger partial charge in [0.2, 0.25) is 0 Å². The van der Waals surface area contributed by atoms with Crippen molar-refractivity contribution in [1.82, 2.24) is 25.6 Å². The van der Waals surface area contributed by atoms with E-state index in [1.54, 1.807) is 30.3 Å². The first-order valence-corrected chi connectivity index (χ1v) is 10.1. The molecular formula is C23H23N5O3. The third-order valence-corrected chi connectivity index (χ3v) is 5.14. The van der Waals surface area contributed by atoms with Gasteiger partial charge in [-0.15, -0.1) is 0 Å². The van der Waals surface area contributed by atoms with Gasteiger partial charge in [0.1, 0.15) is 5.69 Å². The minimum Gasteiger partial charge on any atom is -0.350 e. The van der Waals surface area contributed by atoms with Crippen LogP contribution in [-0.2, 0) is 6.54 Å². The number of hydrazine groups is 1. The van der Waals surface area contributed by atoms with Crippen molar-refractivity contribution in [1.29, 1.82) is 0 Å². The smallest absolute Gasteiger partial charge is 0.290 e. The number of nitrogens with one attached hydrogen (secondary N) is 3. The lowest BCUT2D eigenvalue weighted by Gasteiger charge is -2.11. The summed E-state index contributed by atoms with van der Waals surface area (Å²) in [5, 5.41) is 6.02. The summed E-state index contributed by atoms with van der Waals surface area (Å²) < 4.78 is 1.28. The Bertz CT molecular complexity index is 1380. The molecule has 0 aliphatic carbocycles. The summed E-state index contributed by atoms with van der Waals surface area (Å²) in [7, 11) is 0. The highest BCUT2D eigenvalue weighted by molar-refractivity contribution is 6.06. The molecule has 4 rings (SSSR count). The van der Waals surface area contributed by atoms with Gasteiger partial charge in [-0.25, -0.2) is 4.68 Å². The lowest BCUT2D eigenvalue weighted by molar-refractivity contribution is 0.0841. The summed E-state index contributed by atoms with van der Waals surface area (Å²) in [6, 6.07) is 12.6. The number of carbonyl (C=O) groups is 2. The van der Waals surface area contributed by atoms with Crippen molar-refractivity contribution in [2.75, 3.05) is 0 Å². The number of fused-ring (bicyclic) bond motifs is 2. The molecule has 2 aromatic carbocycles. The Kier molecular flexibility index (Phi) is 5.29. The lowest BCUT2D eigenvalue weighted by atomic mass is 10.1. The summed E-state index contributed by atoms with van der Waals surface area (Å²) in [5.41, 5.74) is 8.00. The second kappa shape index (κ2) is 8.06. The molecule has 0 unspecified atom stereocenters. The fourth-order valence-corrected chi connectivity index (χ4v) is 3.73. The highest BCUT2D eigenvalue weighted by Crippen LogP contribution is 2.21. The Hall–Kier alpha value is -3.94. The number of rotatable bonds is 4. The third kappa shape index (κ3) is 3.79. The van der Waals surface area contributed by atoms with Crippen LogP contribution in [0.25, 0.3) is 21.7 Å². The molecule has 0 saturated carbocycles. The van der Waals surface area contributed by atoms with Gasteiger partial charge in [0.05, 0.1) is 5.39 Å². The normalized spacial score (nSPS) is 11.1. The minimum absolute atomic E-state index is 0.0760. The first kappa shape index (κ1) is 20.3. The van der Waals surface area contributed by atoms with Gasteiger partial charge in [-0.1, -0.05) is 31.2 Å². The number of carbonyl (C=O) groups excluding carboxylic acids is 2. The van der Waals surface area contributed by atoms with Crippen molar-refractivity contribution in [3.05, 3.63) is 75.3 Å². The average Bonchev–Trinajstić information content (AvgIpc) is 3.18. The van der Waals surface area contributed by atoms with Crippen LogP contribution in [0, 0.1) is 13.8 Å². The number of aromatic amines is 1. The van der Waals surface area contributed by atoms with E-state index < -0.39 is 11.8 Å². The van der Waals surface area contributed by atoms with Crippen LogP contribution >= 0.6 is 0 Å². The van der Waals surface area contributed by atoms with Crippen molar-refractivity contribution < 1.29 is 9.59 Å². The Morgan fingerprint density at radius 1 is 1.00 bits per heavy atom. The van der Waals surface area contributed by atoms with Crippen LogP contribution in [0.3, 0.4) is 0 Å². The zero-order valence-corrected chi connectivity index (χ0v) is 17.6. The molecule has 31 heavy (non-hydrogen) atoms. The first-order chi connectivity index (χ1) is 14.9. The molecule has 8 heteroatoms. The lowest BCUT2D eigenvalue weighted by Crippen LogP contribution is -2.43. The number of hydrogen-bond donors (Lipinski definition) is 3. The van der Waals surface area contributed by atoms with Crippen LogP contribution in [-0.4, -0.2) is 26.6 Å². The van der Waals surface area contributed by atoms with Crippen molar-refractivity contribution in [3.8, 4) is 0 Å². The molecule has 4 aromatic rings. The monoisotopic (exact) mass is 417 g/mol. The number of benzene rings is 2. The van der Waals surface area contributed by atoms with Crippen LogP contribution in [0.2, 0.25) is 0 Å². The predicted octanol–water partition coefficient (Wildman–Crippen LogP) is 2.98. The molecular weight excluding hydrogens is 394 g/mol. The second-order valence-corrected chi connectivity index (χ2v) is 7.56. The molecule has 0 aliphatic heterocycles. The van der Waals surface area contributed by atoms with E-state index in [9.17, 15) is 14.4 Å². The number of amides is 2. The summed E-state index contributed by atoms with van der Waals surface area (Å²) in [5.74, 6) is -1.08. The summed E-state index contributed by atoms with van der Waals surface area (Å²) in [6.07, 6.45) is 0.697. The topological polar surface area (TPSA) is 109 Å². The van der Waals surface area contributed by atoms with E-state index in [2.05, 4.69) is 20.9 Å². The first-order valence-electron chi connectivity index (χ1n) is 10.1. The van der Waals surface area contributed by atoms with E-state index in [1.807, 2.05) is 32.9 Å². The standard InChI is InChI=1S/C23H23N5O3/c1-4-9-28-23(31)16-8-6-5-7-15(16)20(27-28)22(30)26-25-21(29)19-12-17-14(3)10-13(2)11-18(17)24-19/h5-8,10-12,24H,4,9H2,1-3H3,(H,25,29)(H,26,30). The molecule has 0 spiro atoms. The zero-order chi connectivity index (χ0) is 22.1. The quantitative estimate of drug-likeness (QED) is 0.444. The molecule has 2 heterocycles. The van der Waals surface area contributed by atoms with Gasteiger partial charge in [0.25, 0.3) is 17.4 Å². The summed E-state index contributed by atoms with van der Waals surface area (Å²) >= 11 is 0. The van der Waals surface area contributed by atoms with Gasteiger partial charge in [-0.3, -0.25) is 25.2 Å². The van der Waals surface area contributed by atoms with E-state index in [4.69, 9.17) is 0 Å². The maximum absolute atomic E-state index is 12.8. The van der Waals surface area contributed by atoms with Crippen molar-refractivity contribution >= 4 is 33.5 Å². The average molecular weight is 417 g/mol. The van der Waals surface area contributed by atoms with Crippen LogP contribution in [0.1, 0.15) is 45.4 Å². The fraction of sp³-hybridized carbons (Fsp3) is 0.217. The van der Waals surface area contributed by atoms with Gasteiger partial charge in [-0.05, 0) is 49.6 Å². The molecule has 0 radical (unpaired) electrons. The number of hydrogen-bond acceptors (Lipinski definition) is 4. The number of nitrogens with zero attached hydrogens (tertiary/aromatic N) is 2. The van der Waals surface area contributed by atoms with Crippen LogP contribution < -0.4 is 16.4 Å². The fourth-order valence-electron chi connectivity index (χ4n) is 3.73. The predicted molar refractivity (Wildman–Crippen MR) is 119 cm³/mol. The molecule has 0 fully saturated rings. The van der Waals surface area contributed by atoms with E-state index in [1.165, 1.54) is 4.68 Å². The molecule has 2 amide bonds. The van der Waals surface area contributed by atoms with Gasteiger partial charge in [0.15, 0.2) is 5.69 Å². The molecule has 0 saturated heterocycles.